The van der Waals surface area contributed by atoms with E-state index >= 15 is 0 Å². The lowest BCUT2D eigenvalue weighted by atomic mass is 9.92. The lowest BCUT2D eigenvalue weighted by Crippen LogP contribution is -2.29. The highest BCUT2D eigenvalue weighted by Gasteiger charge is 2.24. The second kappa shape index (κ2) is 9.53. The first-order valence-electron chi connectivity index (χ1n) is 10.4. The zero-order chi connectivity index (χ0) is 23.4. The Labute approximate surface area is 192 Å². The van der Waals surface area contributed by atoms with Crippen LogP contribution in [0, 0.1) is 0 Å². The van der Waals surface area contributed by atoms with Crippen molar-refractivity contribution in [3.05, 3.63) is 95.6 Å². The molecule has 0 aliphatic carbocycles. The molecule has 6 heteroatoms. The molecule has 0 saturated heterocycles. The SMILES string of the molecule is COc1ccc(C(=O)N[C@H](c2ccc(OC)c(OC)c2)c2c(O)ccc3ccccc23)cc1. The van der Waals surface area contributed by atoms with E-state index in [0.717, 1.165) is 16.3 Å². The van der Waals surface area contributed by atoms with E-state index in [4.69, 9.17) is 14.2 Å². The van der Waals surface area contributed by atoms with Crippen molar-refractivity contribution in [1.82, 2.24) is 5.32 Å². The number of carbonyl (C=O) groups excluding carboxylic acids is 1. The number of rotatable bonds is 7. The molecule has 4 rings (SSSR count). The van der Waals surface area contributed by atoms with Gasteiger partial charge < -0.3 is 24.6 Å². The number of phenolic OH excluding ortho intramolecular Hbond substituents is 1. The van der Waals surface area contributed by atoms with E-state index in [-0.39, 0.29) is 11.7 Å². The number of benzene rings is 4. The molecule has 0 heterocycles. The summed E-state index contributed by atoms with van der Waals surface area (Å²) in [6.45, 7) is 0. The van der Waals surface area contributed by atoms with Crippen molar-refractivity contribution < 1.29 is 24.1 Å². The molecule has 2 N–H and O–H groups in total. The highest BCUT2D eigenvalue weighted by atomic mass is 16.5. The number of nitrogens with one attached hydrogen (secondary N) is 1. The number of amides is 1. The summed E-state index contributed by atoms with van der Waals surface area (Å²) in [4.78, 5) is 13.2. The van der Waals surface area contributed by atoms with E-state index in [2.05, 4.69) is 5.32 Å². The highest BCUT2D eigenvalue weighted by Crippen LogP contribution is 2.38. The normalized spacial score (nSPS) is 11.6. The van der Waals surface area contributed by atoms with Crippen LogP contribution in [0.15, 0.2) is 78.9 Å². The van der Waals surface area contributed by atoms with Crippen LogP contribution in [0.1, 0.15) is 27.5 Å². The molecule has 168 valence electrons. The van der Waals surface area contributed by atoms with E-state index in [1.807, 2.05) is 36.4 Å². The van der Waals surface area contributed by atoms with Gasteiger partial charge in [0.2, 0.25) is 0 Å². The third-order valence-corrected chi connectivity index (χ3v) is 5.60. The Bertz CT molecular complexity index is 1280. The first kappa shape index (κ1) is 22.0. The minimum absolute atomic E-state index is 0.0866. The van der Waals surface area contributed by atoms with Crippen molar-refractivity contribution in [1.29, 1.82) is 0 Å². The Kier molecular flexibility index (Phi) is 6.36. The van der Waals surface area contributed by atoms with Crippen molar-refractivity contribution in [2.75, 3.05) is 21.3 Å². The zero-order valence-corrected chi connectivity index (χ0v) is 18.7. The number of aromatic hydroxyl groups is 1. The van der Waals surface area contributed by atoms with Gasteiger partial charge >= 0.3 is 0 Å². The number of fused-ring (bicyclic) bond motifs is 1. The molecule has 1 atom stereocenters. The van der Waals surface area contributed by atoms with Gasteiger partial charge in [0.25, 0.3) is 5.91 Å². The Hall–Kier alpha value is -4.19. The molecule has 0 spiro atoms. The summed E-state index contributed by atoms with van der Waals surface area (Å²) in [6.07, 6.45) is 0. The second-order valence-electron chi connectivity index (χ2n) is 7.47. The van der Waals surface area contributed by atoms with Gasteiger partial charge in [0.05, 0.1) is 27.4 Å². The quantitative estimate of drug-likeness (QED) is 0.416. The molecule has 0 aliphatic heterocycles. The van der Waals surface area contributed by atoms with E-state index in [0.29, 0.717) is 28.4 Å². The predicted molar refractivity (Wildman–Crippen MR) is 127 cm³/mol. The first-order chi connectivity index (χ1) is 16.0. The number of hydrogen-bond donors (Lipinski definition) is 2. The third-order valence-electron chi connectivity index (χ3n) is 5.60. The Morgan fingerprint density at radius 3 is 2.24 bits per heavy atom. The van der Waals surface area contributed by atoms with Crippen molar-refractivity contribution in [3.8, 4) is 23.0 Å². The second-order valence-corrected chi connectivity index (χ2v) is 7.47. The number of methoxy groups -OCH3 is 3. The van der Waals surface area contributed by atoms with Crippen molar-refractivity contribution in [2.24, 2.45) is 0 Å². The maximum atomic E-state index is 13.2. The fraction of sp³-hybridized carbons (Fsp3) is 0.148. The van der Waals surface area contributed by atoms with Crippen LogP contribution in [-0.2, 0) is 0 Å². The van der Waals surface area contributed by atoms with Gasteiger partial charge in [-0.25, -0.2) is 0 Å². The van der Waals surface area contributed by atoms with Crippen molar-refractivity contribution >= 4 is 16.7 Å². The topological polar surface area (TPSA) is 77.0 Å². The summed E-state index contributed by atoms with van der Waals surface area (Å²) in [5.74, 6) is 1.56. The number of hydrogen-bond acceptors (Lipinski definition) is 5. The monoisotopic (exact) mass is 443 g/mol. The summed E-state index contributed by atoms with van der Waals surface area (Å²) in [6, 6.07) is 22.9. The van der Waals surface area contributed by atoms with Gasteiger partial charge in [0, 0.05) is 11.1 Å². The molecule has 0 saturated carbocycles. The molecule has 6 nitrogen and oxygen atoms in total. The highest BCUT2D eigenvalue weighted by molar-refractivity contribution is 5.96. The summed E-state index contributed by atoms with van der Waals surface area (Å²) < 4.78 is 16.0. The van der Waals surface area contributed by atoms with Crippen molar-refractivity contribution in [2.45, 2.75) is 6.04 Å². The molecule has 0 unspecified atom stereocenters. The van der Waals surface area contributed by atoms with Crippen LogP contribution >= 0.6 is 0 Å². The Morgan fingerprint density at radius 2 is 1.55 bits per heavy atom. The number of carbonyl (C=O) groups is 1. The zero-order valence-electron chi connectivity index (χ0n) is 18.7. The van der Waals surface area contributed by atoms with Gasteiger partial charge in [0.1, 0.15) is 11.5 Å². The van der Waals surface area contributed by atoms with Gasteiger partial charge in [0.15, 0.2) is 11.5 Å². The summed E-state index contributed by atoms with van der Waals surface area (Å²) in [5, 5.41) is 15.8. The maximum Gasteiger partial charge on any atom is 0.252 e. The van der Waals surface area contributed by atoms with Crippen LogP contribution in [0.2, 0.25) is 0 Å². The largest absolute Gasteiger partial charge is 0.508 e. The lowest BCUT2D eigenvalue weighted by Gasteiger charge is -2.23. The average Bonchev–Trinajstić information content (AvgIpc) is 2.87. The van der Waals surface area contributed by atoms with Gasteiger partial charge in [-0.3, -0.25) is 4.79 Å². The minimum Gasteiger partial charge on any atom is -0.508 e. The fourth-order valence-corrected chi connectivity index (χ4v) is 3.90. The molecule has 4 aromatic rings. The van der Waals surface area contributed by atoms with Crippen LogP contribution in [0.5, 0.6) is 23.0 Å². The molecule has 0 fully saturated rings. The minimum atomic E-state index is -0.648. The maximum absolute atomic E-state index is 13.2. The summed E-state index contributed by atoms with van der Waals surface area (Å²) in [7, 11) is 4.70. The van der Waals surface area contributed by atoms with Gasteiger partial charge in [-0.1, -0.05) is 36.4 Å². The molecule has 0 aliphatic rings. The molecule has 0 bridgehead atoms. The van der Waals surface area contributed by atoms with E-state index in [9.17, 15) is 9.90 Å². The summed E-state index contributed by atoms with van der Waals surface area (Å²) >= 11 is 0. The molecule has 0 aromatic heterocycles. The van der Waals surface area contributed by atoms with Gasteiger partial charge in [-0.05, 0) is 58.8 Å². The molecule has 4 aromatic carbocycles. The lowest BCUT2D eigenvalue weighted by molar-refractivity contribution is 0.0943. The first-order valence-corrected chi connectivity index (χ1v) is 10.4. The Morgan fingerprint density at radius 1 is 0.818 bits per heavy atom. The summed E-state index contributed by atoms with van der Waals surface area (Å²) in [5.41, 5.74) is 1.81. The van der Waals surface area contributed by atoms with Crippen molar-refractivity contribution in [3.63, 3.8) is 0 Å². The van der Waals surface area contributed by atoms with Gasteiger partial charge in [-0.2, -0.15) is 0 Å². The Balaban J connectivity index is 1.84. The van der Waals surface area contributed by atoms with Crippen LogP contribution in [0.4, 0.5) is 0 Å². The van der Waals surface area contributed by atoms with Crippen LogP contribution in [0.3, 0.4) is 0 Å². The molecule has 33 heavy (non-hydrogen) atoms. The number of phenols is 1. The smallest absolute Gasteiger partial charge is 0.252 e. The third kappa shape index (κ3) is 4.41. The van der Waals surface area contributed by atoms with Gasteiger partial charge in [-0.15, -0.1) is 0 Å². The molecular weight excluding hydrogens is 418 g/mol. The van der Waals surface area contributed by atoms with E-state index in [1.54, 1.807) is 63.8 Å². The van der Waals surface area contributed by atoms with E-state index in [1.165, 1.54) is 0 Å². The predicted octanol–water partition coefficient (Wildman–Crippen LogP) is 5.09. The van der Waals surface area contributed by atoms with E-state index < -0.39 is 6.04 Å². The van der Waals surface area contributed by atoms with Crippen LogP contribution < -0.4 is 19.5 Å². The molecule has 1 amide bonds. The van der Waals surface area contributed by atoms with Crippen LogP contribution in [-0.4, -0.2) is 32.3 Å². The molecular formula is C27H25NO5. The fourth-order valence-electron chi connectivity index (χ4n) is 3.90. The number of ether oxygens (including phenoxy) is 3. The average molecular weight is 443 g/mol. The molecule has 0 radical (unpaired) electrons. The van der Waals surface area contributed by atoms with Crippen LogP contribution in [0.25, 0.3) is 10.8 Å². The standard InChI is InChI=1S/C27H25NO5/c1-31-20-12-8-18(9-13-20)27(30)28-26(19-11-15-23(32-2)24(16-19)33-3)25-21-7-5-4-6-17(21)10-14-22(25)29/h4-16,26,29H,1-3H3,(H,28,30)/t26-/m1/s1.